The van der Waals surface area contributed by atoms with E-state index in [-0.39, 0.29) is 6.04 Å². The number of nitrogens with two attached hydrogens (primary N) is 1. The average molecular weight is 222 g/mol. The number of hydrogen-bond donors (Lipinski definition) is 1. The first kappa shape index (κ1) is 10.8. The van der Waals surface area contributed by atoms with Crippen LogP contribution in [0.1, 0.15) is 18.5 Å². The van der Waals surface area contributed by atoms with Gasteiger partial charge in [0.1, 0.15) is 0 Å². The predicted molar refractivity (Wildman–Crippen MR) is 68.6 cm³/mol. The minimum atomic E-state index is 0.135. The van der Waals surface area contributed by atoms with Gasteiger partial charge in [-0.05, 0) is 24.6 Å². The van der Waals surface area contributed by atoms with Gasteiger partial charge in [0.25, 0.3) is 0 Å². The molecule has 0 bridgehead atoms. The van der Waals surface area contributed by atoms with Gasteiger partial charge >= 0.3 is 0 Å². The van der Waals surface area contributed by atoms with Crippen molar-refractivity contribution in [3.8, 4) is 0 Å². The quantitative estimate of drug-likeness (QED) is 0.832. The van der Waals surface area contributed by atoms with Gasteiger partial charge in [-0.15, -0.1) is 0 Å². The maximum absolute atomic E-state index is 5.83. The second-order valence-corrected chi connectivity index (χ2v) is 5.20. The van der Waals surface area contributed by atoms with Gasteiger partial charge < -0.3 is 10.6 Å². The Hall–Kier alpha value is -0.670. The fourth-order valence-corrected chi connectivity index (χ4v) is 2.71. The van der Waals surface area contributed by atoms with Gasteiger partial charge in [0.2, 0.25) is 0 Å². The Labute approximate surface area is 95.8 Å². The van der Waals surface area contributed by atoms with E-state index in [1.54, 1.807) is 0 Å². The van der Waals surface area contributed by atoms with E-state index in [0.717, 1.165) is 0 Å². The van der Waals surface area contributed by atoms with Crippen LogP contribution in [0.2, 0.25) is 0 Å². The van der Waals surface area contributed by atoms with Crippen LogP contribution in [0, 0.1) is 0 Å². The fraction of sp³-hybridized carbons (Fsp3) is 0.500. The van der Waals surface area contributed by atoms with E-state index in [1.807, 2.05) is 18.7 Å². The molecular formula is C12H18N2S. The molecule has 1 aromatic carbocycles. The third-order valence-electron chi connectivity index (χ3n) is 2.80. The molecular weight excluding hydrogens is 204 g/mol. The lowest BCUT2D eigenvalue weighted by atomic mass is 10.1. The molecule has 1 fully saturated rings. The summed E-state index contributed by atoms with van der Waals surface area (Å²) in [4.78, 5) is 2.45. The van der Waals surface area contributed by atoms with Gasteiger partial charge in [0.15, 0.2) is 0 Å². The van der Waals surface area contributed by atoms with Gasteiger partial charge in [0.05, 0.1) is 0 Å². The summed E-state index contributed by atoms with van der Waals surface area (Å²) in [6, 6.07) is 8.79. The first-order valence-electron chi connectivity index (χ1n) is 5.45. The van der Waals surface area contributed by atoms with Crippen molar-refractivity contribution in [1.82, 2.24) is 0 Å². The van der Waals surface area contributed by atoms with Crippen LogP contribution in [-0.4, -0.2) is 24.6 Å². The third-order valence-corrected chi connectivity index (χ3v) is 3.74. The van der Waals surface area contributed by atoms with Crippen molar-refractivity contribution in [3.05, 3.63) is 29.8 Å². The SMILES string of the molecule is C[C@@H](N)c1ccc(N2CCSCC2)cc1. The summed E-state index contributed by atoms with van der Waals surface area (Å²) < 4.78 is 0. The van der Waals surface area contributed by atoms with E-state index in [1.165, 1.54) is 35.8 Å². The van der Waals surface area contributed by atoms with E-state index in [9.17, 15) is 0 Å². The zero-order chi connectivity index (χ0) is 10.7. The Balaban J connectivity index is 2.08. The number of nitrogens with zero attached hydrogens (tertiary/aromatic N) is 1. The predicted octanol–water partition coefficient (Wildman–Crippen LogP) is 2.26. The molecule has 1 aliphatic heterocycles. The van der Waals surface area contributed by atoms with Crippen molar-refractivity contribution in [3.63, 3.8) is 0 Å². The molecule has 0 radical (unpaired) electrons. The summed E-state index contributed by atoms with van der Waals surface area (Å²) in [5, 5.41) is 0. The molecule has 0 aromatic heterocycles. The summed E-state index contributed by atoms with van der Waals surface area (Å²) >= 11 is 2.04. The zero-order valence-electron chi connectivity index (χ0n) is 9.15. The van der Waals surface area contributed by atoms with E-state index < -0.39 is 0 Å². The van der Waals surface area contributed by atoms with Gasteiger partial charge in [-0.3, -0.25) is 0 Å². The molecule has 2 nitrogen and oxygen atoms in total. The number of anilines is 1. The highest BCUT2D eigenvalue weighted by atomic mass is 32.2. The maximum atomic E-state index is 5.83. The van der Waals surface area contributed by atoms with E-state index >= 15 is 0 Å². The molecule has 1 aromatic rings. The second-order valence-electron chi connectivity index (χ2n) is 3.98. The highest BCUT2D eigenvalue weighted by molar-refractivity contribution is 7.99. The van der Waals surface area contributed by atoms with Crippen LogP contribution in [0.3, 0.4) is 0 Å². The van der Waals surface area contributed by atoms with Crippen molar-refractivity contribution in [2.75, 3.05) is 29.5 Å². The molecule has 82 valence electrons. The lowest BCUT2D eigenvalue weighted by Gasteiger charge is -2.28. The number of thioether (sulfide) groups is 1. The van der Waals surface area contributed by atoms with Crippen LogP contribution in [0.5, 0.6) is 0 Å². The minimum absolute atomic E-state index is 0.135. The molecule has 2 N–H and O–H groups in total. The minimum Gasteiger partial charge on any atom is -0.370 e. The number of hydrogen-bond acceptors (Lipinski definition) is 3. The van der Waals surface area contributed by atoms with Crippen molar-refractivity contribution >= 4 is 17.4 Å². The molecule has 0 unspecified atom stereocenters. The monoisotopic (exact) mass is 222 g/mol. The Kier molecular flexibility index (Phi) is 3.54. The highest BCUT2D eigenvalue weighted by Crippen LogP contribution is 2.21. The molecule has 2 rings (SSSR count). The fourth-order valence-electron chi connectivity index (χ4n) is 1.81. The molecule has 1 aliphatic rings. The van der Waals surface area contributed by atoms with Crippen molar-refractivity contribution < 1.29 is 0 Å². The second kappa shape index (κ2) is 4.90. The molecule has 1 saturated heterocycles. The molecule has 1 heterocycles. The molecule has 0 aliphatic carbocycles. The van der Waals surface area contributed by atoms with E-state index in [4.69, 9.17) is 5.73 Å². The molecule has 0 spiro atoms. The summed E-state index contributed by atoms with van der Waals surface area (Å²) in [6.45, 7) is 4.36. The normalized spacial score (nSPS) is 18.9. The standard InChI is InChI=1S/C12H18N2S/c1-10(13)11-2-4-12(5-3-11)14-6-8-15-9-7-14/h2-5,10H,6-9,13H2,1H3/t10-/m1/s1. The Bertz CT molecular complexity index is 302. The number of rotatable bonds is 2. The van der Waals surface area contributed by atoms with Gasteiger partial charge in [0, 0.05) is 36.3 Å². The van der Waals surface area contributed by atoms with Crippen LogP contribution in [0.15, 0.2) is 24.3 Å². The summed E-state index contributed by atoms with van der Waals surface area (Å²) in [7, 11) is 0. The number of benzene rings is 1. The van der Waals surface area contributed by atoms with E-state index in [2.05, 4.69) is 29.2 Å². The van der Waals surface area contributed by atoms with Gasteiger partial charge in [-0.1, -0.05) is 12.1 Å². The van der Waals surface area contributed by atoms with Gasteiger partial charge in [-0.25, -0.2) is 0 Å². The average Bonchev–Trinajstić information content (AvgIpc) is 2.30. The summed E-state index contributed by atoms with van der Waals surface area (Å²) in [5.74, 6) is 2.49. The molecule has 0 saturated carbocycles. The molecule has 3 heteroatoms. The Morgan fingerprint density at radius 2 is 1.80 bits per heavy atom. The van der Waals surface area contributed by atoms with Crippen LogP contribution in [-0.2, 0) is 0 Å². The largest absolute Gasteiger partial charge is 0.370 e. The summed E-state index contributed by atoms with van der Waals surface area (Å²) in [6.07, 6.45) is 0. The Morgan fingerprint density at radius 1 is 1.20 bits per heavy atom. The zero-order valence-corrected chi connectivity index (χ0v) is 9.96. The third kappa shape index (κ3) is 2.67. The van der Waals surface area contributed by atoms with Gasteiger partial charge in [-0.2, -0.15) is 11.8 Å². The highest BCUT2D eigenvalue weighted by Gasteiger charge is 2.10. The van der Waals surface area contributed by atoms with Crippen molar-refractivity contribution in [2.24, 2.45) is 5.73 Å². The van der Waals surface area contributed by atoms with Crippen LogP contribution < -0.4 is 10.6 Å². The summed E-state index contributed by atoms with van der Waals surface area (Å²) in [5.41, 5.74) is 8.37. The Morgan fingerprint density at radius 3 is 2.33 bits per heavy atom. The molecule has 0 amide bonds. The van der Waals surface area contributed by atoms with Crippen LogP contribution >= 0.6 is 11.8 Å². The topological polar surface area (TPSA) is 29.3 Å². The van der Waals surface area contributed by atoms with E-state index in [0.29, 0.717) is 0 Å². The van der Waals surface area contributed by atoms with Crippen LogP contribution in [0.4, 0.5) is 5.69 Å². The maximum Gasteiger partial charge on any atom is 0.0366 e. The molecule has 15 heavy (non-hydrogen) atoms. The lowest BCUT2D eigenvalue weighted by molar-refractivity contribution is 0.815. The lowest BCUT2D eigenvalue weighted by Crippen LogP contribution is -2.32. The van der Waals surface area contributed by atoms with Crippen molar-refractivity contribution in [2.45, 2.75) is 13.0 Å². The van der Waals surface area contributed by atoms with Crippen LogP contribution in [0.25, 0.3) is 0 Å². The van der Waals surface area contributed by atoms with Crippen molar-refractivity contribution in [1.29, 1.82) is 0 Å². The first-order chi connectivity index (χ1) is 7.27. The smallest absolute Gasteiger partial charge is 0.0366 e. The first-order valence-corrected chi connectivity index (χ1v) is 6.61. The molecule has 1 atom stereocenters.